The summed E-state index contributed by atoms with van der Waals surface area (Å²) in [6.07, 6.45) is 3.55. The van der Waals surface area contributed by atoms with Gasteiger partial charge in [0.25, 0.3) is 0 Å². The second kappa shape index (κ2) is 6.30. The number of nitrogens with two attached hydrogens (primary N) is 1. The Morgan fingerprint density at radius 1 is 1.35 bits per heavy atom. The molecule has 0 aromatic heterocycles. The van der Waals surface area contributed by atoms with Gasteiger partial charge in [0.1, 0.15) is 4.90 Å². The van der Waals surface area contributed by atoms with Crippen LogP contribution in [-0.2, 0) is 10.0 Å². The highest BCUT2D eigenvalue weighted by Crippen LogP contribution is 2.27. The summed E-state index contributed by atoms with van der Waals surface area (Å²) in [6, 6.07) is 4.07. The molecule has 2 rings (SSSR count). The quantitative estimate of drug-likeness (QED) is 0.737. The van der Waals surface area contributed by atoms with E-state index in [1.165, 1.54) is 18.2 Å². The van der Waals surface area contributed by atoms with E-state index < -0.39 is 10.0 Å². The predicted molar refractivity (Wildman–Crippen MR) is 79.0 cm³/mol. The number of sulfonamides is 1. The lowest BCUT2D eigenvalue weighted by Gasteiger charge is -2.30. The normalized spacial score (nSPS) is 23.7. The van der Waals surface area contributed by atoms with Crippen LogP contribution in [0.2, 0.25) is 5.02 Å². The first kappa shape index (κ1) is 15.6. The Balaban J connectivity index is 2.22. The van der Waals surface area contributed by atoms with Gasteiger partial charge in [-0.3, -0.25) is 0 Å². The third kappa shape index (κ3) is 3.44. The zero-order valence-electron chi connectivity index (χ0n) is 11.0. The number of rotatable bonds is 4. The van der Waals surface area contributed by atoms with E-state index in [9.17, 15) is 13.5 Å². The number of nitrogen functional groups attached to an aromatic ring is 1. The van der Waals surface area contributed by atoms with E-state index in [1.807, 2.05) is 0 Å². The Labute approximate surface area is 124 Å². The molecule has 1 aliphatic carbocycles. The van der Waals surface area contributed by atoms with E-state index in [2.05, 4.69) is 4.72 Å². The summed E-state index contributed by atoms with van der Waals surface area (Å²) >= 11 is 5.78. The number of aliphatic hydroxyl groups is 1. The zero-order valence-corrected chi connectivity index (χ0v) is 12.6. The second-order valence-electron chi connectivity index (χ2n) is 5.14. The number of nitrogens with one attached hydrogen (secondary N) is 1. The van der Waals surface area contributed by atoms with Gasteiger partial charge < -0.3 is 10.8 Å². The molecule has 112 valence electrons. The molecule has 1 fully saturated rings. The highest BCUT2D eigenvalue weighted by molar-refractivity contribution is 7.89. The first-order valence-electron chi connectivity index (χ1n) is 6.62. The summed E-state index contributed by atoms with van der Waals surface area (Å²) in [5.74, 6) is -0.0351. The van der Waals surface area contributed by atoms with Crippen LogP contribution in [0.5, 0.6) is 0 Å². The van der Waals surface area contributed by atoms with Gasteiger partial charge >= 0.3 is 0 Å². The molecule has 0 amide bonds. The first-order valence-corrected chi connectivity index (χ1v) is 8.48. The molecule has 4 N–H and O–H groups in total. The average molecular weight is 319 g/mol. The molecule has 2 unspecified atom stereocenters. The largest absolute Gasteiger partial charge is 0.398 e. The monoisotopic (exact) mass is 318 g/mol. The summed E-state index contributed by atoms with van der Waals surface area (Å²) in [4.78, 5) is 0.0316. The van der Waals surface area contributed by atoms with Crippen LogP contribution in [0, 0.1) is 5.92 Å². The van der Waals surface area contributed by atoms with E-state index in [1.54, 1.807) is 0 Å². The van der Waals surface area contributed by atoms with Gasteiger partial charge in [-0.25, -0.2) is 13.1 Å². The van der Waals surface area contributed by atoms with Crippen molar-refractivity contribution in [2.45, 2.75) is 36.6 Å². The van der Waals surface area contributed by atoms with E-state index in [0.717, 1.165) is 25.7 Å². The molecule has 5 nitrogen and oxygen atoms in total. The van der Waals surface area contributed by atoms with Gasteiger partial charge in [-0.1, -0.05) is 24.4 Å². The van der Waals surface area contributed by atoms with Crippen molar-refractivity contribution < 1.29 is 13.5 Å². The summed E-state index contributed by atoms with van der Waals surface area (Å²) < 4.78 is 27.4. The SMILES string of the molecule is Nc1cc(Cl)ccc1S(=O)(=O)NC1CCCCC1CO. The fourth-order valence-corrected chi connectivity index (χ4v) is 4.24. The minimum absolute atomic E-state index is 0.0106. The summed E-state index contributed by atoms with van der Waals surface area (Å²) in [5, 5.41) is 9.74. The minimum atomic E-state index is -3.70. The van der Waals surface area contributed by atoms with Crippen molar-refractivity contribution in [1.29, 1.82) is 0 Å². The number of halogens is 1. The topological polar surface area (TPSA) is 92.4 Å². The maximum atomic E-state index is 12.4. The molecule has 1 saturated carbocycles. The van der Waals surface area contributed by atoms with Gasteiger partial charge in [0.15, 0.2) is 0 Å². The molecule has 0 saturated heterocycles. The molecule has 2 atom stereocenters. The first-order chi connectivity index (χ1) is 9.44. The van der Waals surface area contributed by atoms with Crippen molar-refractivity contribution in [1.82, 2.24) is 4.72 Å². The molecule has 1 aromatic carbocycles. The van der Waals surface area contributed by atoms with Gasteiger partial charge in [0, 0.05) is 17.7 Å². The van der Waals surface area contributed by atoms with Crippen LogP contribution in [0.3, 0.4) is 0 Å². The minimum Gasteiger partial charge on any atom is -0.398 e. The molecule has 7 heteroatoms. The van der Waals surface area contributed by atoms with Crippen LogP contribution in [-0.4, -0.2) is 26.2 Å². The number of benzene rings is 1. The van der Waals surface area contributed by atoms with E-state index in [0.29, 0.717) is 5.02 Å². The van der Waals surface area contributed by atoms with Gasteiger partial charge in [-0.15, -0.1) is 0 Å². The van der Waals surface area contributed by atoms with Crippen LogP contribution in [0.1, 0.15) is 25.7 Å². The maximum absolute atomic E-state index is 12.4. The van der Waals surface area contributed by atoms with Crippen LogP contribution < -0.4 is 10.5 Å². The fraction of sp³-hybridized carbons (Fsp3) is 0.538. The van der Waals surface area contributed by atoms with Crippen molar-refractivity contribution in [3.8, 4) is 0 Å². The fourth-order valence-electron chi connectivity index (χ4n) is 2.61. The Morgan fingerprint density at radius 3 is 2.70 bits per heavy atom. The third-order valence-corrected chi connectivity index (χ3v) is 5.51. The lowest BCUT2D eigenvalue weighted by Crippen LogP contribution is -2.43. The highest BCUT2D eigenvalue weighted by atomic mass is 35.5. The lowest BCUT2D eigenvalue weighted by atomic mass is 9.86. The molecule has 0 bridgehead atoms. The lowest BCUT2D eigenvalue weighted by molar-refractivity contribution is 0.164. The summed E-state index contributed by atoms with van der Waals surface area (Å²) in [5.41, 5.74) is 5.85. The molecule has 1 aliphatic rings. The van der Waals surface area contributed by atoms with Gasteiger partial charge in [0.2, 0.25) is 10.0 Å². The highest BCUT2D eigenvalue weighted by Gasteiger charge is 2.29. The summed E-state index contributed by atoms with van der Waals surface area (Å²) in [6.45, 7) is -0.0106. The molecule has 0 spiro atoms. The Kier molecular flexibility index (Phi) is 4.90. The van der Waals surface area contributed by atoms with Gasteiger partial charge in [-0.2, -0.15) is 0 Å². The number of hydrogen-bond acceptors (Lipinski definition) is 4. The Morgan fingerprint density at radius 2 is 2.05 bits per heavy atom. The standard InChI is InChI=1S/C13H19ClN2O3S/c14-10-5-6-13(11(15)7-10)20(18,19)16-12-4-2-1-3-9(12)8-17/h5-7,9,12,16-17H,1-4,8,15H2. The number of aliphatic hydroxyl groups excluding tert-OH is 1. The third-order valence-electron chi connectivity index (χ3n) is 3.71. The Hall–Kier alpha value is -0.820. The molecule has 0 aliphatic heterocycles. The van der Waals surface area contributed by atoms with E-state index in [-0.39, 0.29) is 29.1 Å². The molecular formula is C13H19ClN2O3S. The van der Waals surface area contributed by atoms with E-state index in [4.69, 9.17) is 17.3 Å². The second-order valence-corrected chi connectivity index (χ2v) is 7.26. The predicted octanol–water partition coefficient (Wildman–Crippen LogP) is 1.75. The molecular weight excluding hydrogens is 300 g/mol. The van der Waals surface area contributed by atoms with Crippen LogP contribution in [0.25, 0.3) is 0 Å². The Bertz CT molecular complexity index is 577. The zero-order chi connectivity index (χ0) is 14.8. The van der Waals surface area contributed by atoms with Crippen LogP contribution >= 0.6 is 11.6 Å². The molecule has 0 radical (unpaired) electrons. The van der Waals surface area contributed by atoms with Crippen LogP contribution in [0.4, 0.5) is 5.69 Å². The number of hydrogen-bond donors (Lipinski definition) is 3. The number of anilines is 1. The van der Waals surface area contributed by atoms with Gasteiger partial charge in [-0.05, 0) is 37.0 Å². The maximum Gasteiger partial charge on any atom is 0.242 e. The average Bonchev–Trinajstić information content (AvgIpc) is 2.38. The van der Waals surface area contributed by atoms with Gasteiger partial charge in [0.05, 0.1) is 5.69 Å². The molecule has 1 aromatic rings. The van der Waals surface area contributed by atoms with Crippen LogP contribution in [0.15, 0.2) is 23.1 Å². The summed E-state index contributed by atoms with van der Waals surface area (Å²) in [7, 11) is -3.70. The van der Waals surface area contributed by atoms with Crippen molar-refractivity contribution >= 4 is 27.3 Å². The van der Waals surface area contributed by atoms with Crippen molar-refractivity contribution in [2.24, 2.45) is 5.92 Å². The van der Waals surface area contributed by atoms with Crippen molar-refractivity contribution in [3.05, 3.63) is 23.2 Å². The smallest absolute Gasteiger partial charge is 0.242 e. The van der Waals surface area contributed by atoms with Crippen molar-refractivity contribution in [3.63, 3.8) is 0 Å². The van der Waals surface area contributed by atoms with E-state index >= 15 is 0 Å². The molecule has 0 heterocycles. The van der Waals surface area contributed by atoms with Crippen molar-refractivity contribution in [2.75, 3.05) is 12.3 Å². The molecule has 20 heavy (non-hydrogen) atoms.